The van der Waals surface area contributed by atoms with Crippen LogP contribution in [0.25, 0.3) is 10.9 Å². The fraction of sp³-hybridized carbons (Fsp3) is 0.483. The van der Waals surface area contributed by atoms with Gasteiger partial charge in [-0.15, -0.1) is 0 Å². The maximum atomic E-state index is 12.2. The minimum absolute atomic E-state index is 0.232. The van der Waals surface area contributed by atoms with E-state index in [9.17, 15) is 4.79 Å². The first kappa shape index (κ1) is 30.4. The number of anilines is 1. The summed E-state index contributed by atoms with van der Waals surface area (Å²) in [5, 5.41) is 7.57. The van der Waals surface area contributed by atoms with Gasteiger partial charge in [-0.05, 0) is 57.0 Å². The smallest absolute Gasteiger partial charge is 0.341 e. The van der Waals surface area contributed by atoms with E-state index < -0.39 is 0 Å². The molecular weight excluding hydrogens is 520 g/mol. The number of pyridine rings is 1. The average molecular weight is 559 g/mol. The van der Waals surface area contributed by atoms with Crippen LogP contribution in [0, 0.1) is 0 Å². The normalized spacial score (nSPS) is 14.7. The number of ether oxygens (including phenoxy) is 4. The van der Waals surface area contributed by atoms with Crippen LogP contribution in [-0.2, 0) is 9.47 Å². The summed E-state index contributed by atoms with van der Waals surface area (Å²) in [6.45, 7) is 9.05. The standard InChI is InChI=1S/C29H39ClN4O5/c1-5-6-11-33-29(35)34-22(15-20(2)30)9-8-21(3)39-27-10-13-32-25-17-26(28(36-4)16-24(25)27)31-12-7-14-38-23-18-37-19-23/h8,10,13,15-17,23,31H,5-7,9,11-12,14,18-19H2,1-4H3,(H,33,35)/b20-15+,21-8?,34-22?. The van der Waals surface area contributed by atoms with Crippen molar-refractivity contribution in [2.75, 3.05) is 45.3 Å². The van der Waals surface area contributed by atoms with Gasteiger partial charge in [0.15, 0.2) is 0 Å². The second-order valence-corrected chi connectivity index (χ2v) is 9.83. The molecule has 1 aromatic heterocycles. The molecule has 10 heteroatoms. The zero-order valence-electron chi connectivity index (χ0n) is 23.2. The van der Waals surface area contributed by atoms with Crippen molar-refractivity contribution in [2.45, 2.75) is 52.6 Å². The molecule has 0 bridgehead atoms. The number of methoxy groups -OCH3 is 1. The molecule has 2 N–H and O–H groups in total. The summed E-state index contributed by atoms with van der Waals surface area (Å²) in [5.74, 6) is 2.00. The lowest BCUT2D eigenvalue weighted by atomic mass is 10.1. The van der Waals surface area contributed by atoms with Gasteiger partial charge >= 0.3 is 6.03 Å². The van der Waals surface area contributed by atoms with E-state index in [1.54, 1.807) is 26.3 Å². The number of hydrogen-bond acceptors (Lipinski definition) is 7. The second-order valence-electron chi connectivity index (χ2n) is 9.23. The molecule has 39 heavy (non-hydrogen) atoms. The van der Waals surface area contributed by atoms with Gasteiger partial charge in [-0.3, -0.25) is 4.98 Å². The molecule has 9 nitrogen and oxygen atoms in total. The number of allylic oxidation sites excluding steroid dienone is 4. The minimum atomic E-state index is -0.378. The number of nitrogens with zero attached hydrogens (tertiary/aromatic N) is 2. The molecule has 1 fully saturated rings. The van der Waals surface area contributed by atoms with Gasteiger partial charge < -0.3 is 29.6 Å². The number of carbonyl (C=O) groups is 1. The number of halogens is 1. The molecule has 1 aromatic carbocycles. The molecule has 2 heterocycles. The summed E-state index contributed by atoms with van der Waals surface area (Å²) in [7, 11) is 1.64. The van der Waals surface area contributed by atoms with E-state index in [-0.39, 0.29) is 12.1 Å². The summed E-state index contributed by atoms with van der Waals surface area (Å²) in [6, 6.07) is 5.31. The van der Waals surface area contributed by atoms with Crippen molar-refractivity contribution in [2.24, 2.45) is 4.99 Å². The molecule has 212 valence electrons. The van der Waals surface area contributed by atoms with E-state index in [4.69, 9.17) is 30.5 Å². The lowest BCUT2D eigenvalue weighted by molar-refractivity contribution is -0.129. The number of urea groups is 1. The van der Waals surface area contributed by atoms with Gasteiger partial charge in [0.05, 0.1) is 43.0 Å². The minimum Gasteiger partial charge on any atom is -0.495 e. The van der Waals surface area contributed by atoms with E-state index in [1.807, 2.05) is 31.2 Å². The van der Waals surface area contributed by atoms with Crippen molar-refractivity contribution in [3.05, 3.63) is 47.3 Å². The van der Waals surface area contributed by atoms with Gasteiger partial charge in [0.2, 0.25) is 0 Å². The number of rotatable bonds is 15. The topological polar surface area (TPSA) is 103 Å². The first-order valence-corrected chi connectivity index (χ1v) is 13.7. The number of aliphatic imine (C=N–C) groups is 1. The monoisotopic (exact) mass is 558 g/mol. The zero-order valence-corrected chi connectivity index (χ0v) is 24.0. The van der Waals surface area contributed by atoms with Gasteiger partial charge in [-0.2, -0.15) is 4.99 Å². The molecular formula is C29H39ClN4O5. The Hall–Kier alpha value is -3.14. The molecule has 3 rings (SSSR count). The molecule has 1 aliphatic rings. The molecule has 0 atom stereocenters. The third kappa shape index (κ3) is 10.2. The van der Waals surface area contributed by atoms with E-state index in [0.717, 1.165) is 42.4 Å². The Morgan fingerprint density at radius 2 is 2.05 bits per heavy atom. The van der Waals surface area contributed by atoms with Gasteiger partial charge in [0.25, 0.3) is 0 Å². The highest BCUT2D eigenvalue weighted by atomic mass is 35.5. The Bertz CT molecular complexity index is 1190. The van der Waals surface area contributed by atoms with Gasteiger partial charge in [0, 0.05) is 42.7 Å². The number of fused-ring (bicyclic) bond motifs is 1. The molecule has 0 spiro atoms. The van der Waals surface area contributed by atoms with E-state index in [2.05, 4.69) is 27.5 Å². The van der Waals surface area contributed by atoms with Crippen LogP contribution in [-0.4, -0.2) is 62.9 Å². The van der Waals surface area contributed by atoms with Crippen LogP contribution in [0.4, 0.5) is 10.5 Å². The van der Waals surface area contributed by atoms with Crippen LogP contribution in [0.2, 0.25) is 0 Å². The molecule has 0 radical (unpaired) electrons. The SMILES string of the molecule is CCCCNC(=O)N=C(/C=C(\C)Cl)CC=C(C)Oc1ccnc2cc(NCCCOC3COC3)c(OC)cc12. The quantitative estimate of drug-likeness (QED) is 0.152. The largest absolute Gasteiger partial charge is 0.495 e. The van der Waals surface area contributed by atoms with Crippen molar-refractivity contribution in [3.8, 4) is 11.5 Å². The predicted molar refractivity (Wildman–Crippen MR) is 156 cm³/mol. The molecule has 1 saturated heterocycles. The van der Waals surface area contributed by atoms with Crippen LogP contribution >= 0.6 is 11.6 Å². The van der Waals surface area contributed by atoms with Gasteiger partial charge in [0.1, 0.15) is 17.6 Å². The predicted octanol–water partition coefficient (Wildman–Crippen LogP) is 6.23. The Morgan fingerprint density at radius 3 is 2.74 bits per heavy atom. The van der Waals surface area contributed by atoms with Gasteiger partial charge in [-0.25, -0.2) is 4.79 Å². The van der Waals surface area contributed by atoms with Crippen molar-refractivity contribution >= 4 is 39.9 Å². The number of benzene rings is 1. The molecule has 0 aliphatic carbocycles. The summed E-state index contributed by atoms with van der Waals surface area (Å²) < 4.78 is 22.7. The van der Waals surface area contributed by atoms with Crippen LogP contribution in [0.15, 0.2) is 52.3 Å². The highest BCUT2D eigenvalue weighted by Gasteiger charge is 2.18. The number of unbranched alkanes of at least 4 members (excludes halogenated alkanes) is 1. The molecule has 2 aromatic rings. The maximum absolute atomic E-state index is 12.2. The lowest BCUT2D eigenvalue weighted by Crippen LogP contribution is -2.36. The van der Waals surface area contributed by atoms with Crippen molar-refractivity contribution in [1.29, 1.82) is 0 Å². The van der Waals surface area contributed by atoms with Crippen LogP contribution < -0.4 is 20.1 Å². The fourth-order valence-electron chi connectivity index (χ4n) is 3.77. The van der Waals surface area contributed by atoms with Crippen LogP contribution in [0.1, 0.15) is 46.5 Å². The zero-order chi connectivity index (χ0) is 28.0. The Labute approximate surface area is 235 Å². The Balaban J connectivity index is 1.67. The maximum Gasteiger partial charge on any atom is 0.341 e. The summed E-state index contributed by atoms with van der Waals surface area (Å²) >= 11 is 6.06. The Morgan fingerprint density at radius 1 is 1.23 bits per heavy atom. The van der Waals surface area contributed by atoms with Crippen molar-refractivity contribution < 1.29 is 23.7 Å². The summed E-state index contributed by atoms with van der Waals surface area (Å²) in [6.07, 6.45) is 8.64. The third-order valence-electron chi connectivity index (χ3n) is 5.91. The first-order chi connectivity index (χ1) is 18.9. The number of amides is 2. The van der Waals surface area contributed by atoms with E-state index >= 15 is 0 Å². The highest BCUT2D eigenvalue weighted by Crippen LogP contribution is 2.34. The number of hydrogen-bond donors (Lipinski definition) is 2. The molecule has 0 unspecified atom stereocenters. The molecule has 1 aliphatic heterocycles. The highest BCUT2D eigenvalue weighted by molar-refractivity contribution is 6.31. The molecule has 0 saturated carbocycles. The fourth-order valence-corrected chi connectivity index (χ4v) is 3.90. The summed E-state index contributed by atoms with van der Waals surface area (Å²) in [5.41, 5.74) is 2.18. The van der Waals surface area contributed by atoms with Crippen molar-refractivity contribution in [3.63, 3.8) is 0 Å². The number of nitrogens with one attached hydrogen (secondary N) is 2. The number of aromatic nitrogens is 1. The second kappa shape index (κ2) is 16.1. The Kier molecular flexibility index (Phi) is 12.5. The average Bonchev–Trinajstić information content (AvgIpc) is 2.87. The first-order valence-electron chi connectivity index (χ1n) is 13.3. The van der Waals surface area contributed by atoms with Crippen molar-refractivity contribution in [1.82, 2.24) is 10.3 Å². The molecule has 2 amide bonds. The van der Waals surface area contributed by atoms with E-state index in [1.165, 1.54) is 0 Å². The number of carbonyl (C=O) groups excluding carboxylic acids is 1. The van der Waals surface area contributed by atoms with Gasteiger partial charge in [-0.1, -0.05) is 24.9 Å². The van der Waals surface area contributed by atoms with E-state index in [0.29, 0.717) is 60.8 Å². The van der Waals surface area contributed by atoms with Crippen LogP contribution in [0.5, 0.6) is 11.5 Å². The van der Waals surface area contributed by atoms with Crippen LogP contribution in [0.3, 0.4) is 0 Å². The summed E-state index contributed by atoms with van der Waals surface area (Å²) in [4.78, 5) is 20.8. The third-order valence-corrected chi connectivity index (χ3v) is 6.02. The lowest BCUT2D eigenvalue weighted by Gasteiger charge is -2.26.